The highest BCUT2D eigenvalue weighted by Gasteiger charge is 2.32. The number of hydrogen-bond acceptors (Lipinski definition) is 2. The van der Waals surface area contributed by atoms with Gasteiger partial charge in [-0.2, -0.15) is 0 Å². The summed E-state index contributed by atoms with van der Waals surface area (Å²) in [5.41, 5.74) is 1.69. The number of nitrogens with one attached hydrogen (secondary N) is 1. The molecule has 2 aliphatic rings. The molecular weight excluding hydrogens is 234 g/mol. The van der Waals surface area contributed by atoms with Crippen molar-refractivity contribution in [3.05, 3.63) is 11.6 Å². The first-order valence-corrected chi connectivity index (χ1v) is 8.37. The van der Waals surface area contributed by atoms with Crippen LogP contribution in [0.2, 0.25) is 0 Å². The van der Waals surface area contributed by atoms with Crippen LogP contribution in [0, 0.1) is 5.92 Å². The van der Waals surface area contributed by atoms with Gasteiger partial charge in [0.05, 0.1) is 6.10 Å². The zero-order chi connectivity index (χ0) is 13.5. The molecule has 2 heteroatoms. The van der Waals surface area contributed by atoms with Gasteiger partial charge < -0.3 is 10.1 Å². The van der Waals surface area contributed by atoms with E-state index in [-0.39, 0.29) is 0 Å². The Kier molecular flexibility index (Phi) is 6.39. The van der Waals surface area contributed by atoms with E-state index in [1.54, 1.807) is 5.57 Å². The van der Waals surface area contributed by atoms with Gasteiger partial charge in [0.1, 0.15) is 0 Å². The van der Waals surface area contributed by atoms with Crippen LogP contribution in [0.15, 0.2) is 11.6 Å². The van der Waals surface area contributed by atoms with E-state index < -0.39 is 0 Å². The van der Waals surface area contributed by atoms with Gasteiger partial charge in [-0.3, -0.25) is 0 Å². The summed E-state index contributed by atoms with van der Waals surface area (Å²) in [6.07, 6.45) is 13.8. The molecule has 0 bridgehead atoms. The molecule has 0 heterocycles. The fourth-order valence-electron chi connectivity index (χ4n) is 3.54. The van der Waals surface area contributed by atoms with Crippen molar-refractivity contribution in [1.82, 2.24) is 5.32 Å². The summed E-state index contributed by atoms with van der Waals surface area (Å²) in [6.45, 7) is 6.29. The van der Waals surface area contributed by atoms with Gasteiger partial charge in [0.2, 0.25) is 0 Å². The first kappa shape index (κ1) is 15.1. The Morgan fingerprint density at radius 1 is 1.26 bits per heavy atom. The smallest absolute Gasteiger partial charge is 0.0580 e. The molecule has 0 spiro atoms. The second-order valence-corrected chi connectivity index (χ2v) is 6.14. The second kappa shape index (κ2) is 8.06. The van der Waals surface area contributed by atoms with E-state index >= 15 is 0 Å². The van der Waals surface area contributed by atoms with Crippen molar-refractivity contribution in [1.29, 1.82) is 0 Å². The molecule has 0 aliphatic heterocycles. The number of rotatable bonds is 7. The third-order valence-corrected chi connectivity index (χ3v) is 4.64. The molecule has 110 valence electrons. The van der Waals surface area contributed by atoms with Gasteiger partial charge in [0.25, 0.3) is 0 Å². The monoisotopic (exact) mass is 265 g/mol. The molecule has 2 rings (SSSR count). The summed E-state index contributed by atoms with van der Waals surface area (Å²) in [6, 6.07) is 0.635. The summed E-state index contributed by atoms with van der Waals surface area (Å²) in [5, 5.41) is 3.72. The molecule has 1 saturated carbocycles. The van der Waals surface area contributed by atoms with Crippen LogP contribution < -0.4 is 5.32 Å². The Hall–Kier alpha value is -0.340. The first-order chi connectivity index (χ1) is 9.33. The highest BCUT2D eigenvalue weighted by atomic mass is 16.5. The summed E-state index contributed by atoms with van der Waals surface area (Å²) in [5.74, 6) is 0.879. The number of ether oxygens (including phenoxy) is 1. The standard InChI is InChI=1S/C17H31NO/c1-3-18-17(15-9-7-5-6-8-10-15)13-14-11-16(12-14)19-4-2/h9,14,16-18H,3-8,10-13H2,1-2H3. The molecule has 0 radical (unpaired) electrons. The molecule has 1 atom stereocenters. The van der Waals surface area contributed by atoms with Crippen LogP contribution in [0.25, 0.3) is 0 Å². The van der Waals surface area contributed by atoms with Gasteiger partial charge in [-0.1, -0.05) is 25.0 Å². The van der Waals surface area contributed by atoms with Gasteiger partial charge in [0, 0.05) is 12.6 Å². The van der Waals surface area contributed by atoms with Gasteiger partial charge in [0.15, 0.2) is 0 Å². The van der Waals surface area contributed by atoms with Crippen LogP contribution in [0.5, 0.6) is 0 Å². The van der Waals surface area contributed by atoms with Crippen molar-refractivity contribution < 1.29 is 4.74 Å². The Morgan fingerprint density at radius 3 is 2.84 bits per heavy atom. The molecule has 0 amide bonds. The molecule has 2 nitrogen and oxygen atoms in total. The molecule has 1 N–H and O–H groups in total. The minimum Gasteiger partial charge on any atom is -0.378 e. The topological polar surface area (TPSA) is 21.3 Å². The van der Waals surface area contributed by atoms with Gasteiger partial charge >= 0.3 is 0 Å². The van der Waals surface area contributed by atoms with E-state index in [1.165, 1.54) is 51.4 Å². The van der Waals surface area contributed by atoms with Crippen LogP contribution in [-0.4, -0.2) is 25.3 Å². The van der Waals surface area contributed by atoms with E-state index in [9.17, 15) is 0 Å². The summed E-state index contributed by atoms with van der Waals surface area (Å²) >= 11 is 0. The average Bonchev–Trinajstić information content (AvgIpc) is 2.64. The third-order valence-electron chi connectivity index (χ3n) is 4.64. The molecule has 0 saturated heterocycles. The maximum Gasteiger partial charge on any atom is 0.0580 e. The van der Waals surface area contributed by atoms with E-state index in [0.29, 0.717) is 12.1 Å². The Labute approximate surface area is 119 Å². The highest BCUT2D eigenvalue weighted by Crippen LogP contribution is 2.35. The normalized spacial score (nSPS) is 29.3. The second-order valence-electron chi connectivity index (χ2n) is 6.14. The van der Waals surface area contributed by atoms with Crippen LogP contribution >= 0.6 is 0 Å². The minimum atomic E-state index is 0.556. The van der Waals surface area contributed by atoms with Crippen molar-refractivity contribution in [2.45, 2.75) is 77.4 Å². The fourth-order valence-corrected chi connectivity index (χ4v) is 3.54. The van der Waals surface area contributed by atoms with Crippen LogP contribution in [0.4, 0.5) is 0 Å². The summed E-state index contributed by atoms with van der Waals surface area (Å²) < 4.78 is 5.68. The molecule has 1 fully saturated rings. The predicted octanol–water partition coefficient (Wildman–Crippen LogP) is 4.06. The first-order valence-electron chi connectivity index (χ1n) is 8.37. The predicted molar refractivity (Wildman–Crippen MR) is 81.4 cm³/mol. The van der Waals surface area contributed by atoms with E-state index in [0.717, 1.165) is 19.1 Å². The van der Waals surface area contributed by atoms with Gasteiger partial charge in [-0.05, 0) is 64.3 Å². The lowest BCUT2D eigenvalue weighted by atomic mass is 9.76. The van der Waals surface area contributed by atoms with Crippen LogP contribution in [-0.2, 0) is 4.74 Å². The molecular formula is C17H31NO. The van der Waals surface area contributed by atoms with Gasteiger partial charge in [-0.15, -0.1) is 0 Å². The SMILES string of the molecule is CCNC(CC1CC(OCC)C1)C1=CCCCCC1. The zero-order valence-corrected chi connectivity index (χ0v) is 12.8. The van der Waals surface area contributed by atoms with Crippen LogP contribution in [0.1, 0.15) is 65.2 Å². The third kappa shape index (κ3) is 4.61. The molecule has 0 aromatic heterocycles. The van der Waals surface area contributed by atoms with E-state index in [1.807, 2.05) is 0 Å². The maximum absolute atomic E-state index is 5.68. The quantitative estimate of drug-likeness (QED) is 0.701. The maximum atomic E-state index is 5.68. The fraction of sp³-hybridized carbons (Fsp3) is 0.882. The molecule has 0 aromatic carbocycles. The molecule has 0 aromatic rings. The Morgan fingerprint density at radius 2 is 2.11 bits per heavy atom. The average molecular weight is 265 g/mol. The van der Waals surface area contributed by atoms with Crippen LogP contribution in [0.3, 0.4) is 0 Å². The largest absolute Gasteiger partial charge is 0.378 e. The lowest BCUT2D eigenvalue weighted by molar-refractivity contribution is -0.0281. The van der Waals surface area contributed by atoms with Crippen molar-refractivity contribution in [2.24, 2.45) is 5.92 Å². The number of likely N-dealkylation sites (N-methyl/N-ethyl adjacent to an activating group) is 1. The number of allylic oxidation sites excluding steroid dienone is 1. The Bertz CT molecular complexity index is 281. The number of hydrogen-bond donors (Lipinski definition) is 1. The van der Waals surface area contributed by atoms with Crippen molar-refractivity contribution in [2.75, 3.05) is 13.2 Å². The van der Waals surface area contributed by atoms with Crippen molar-refractivity contribution in [3.63, 3.8) is 0 Å². The summed E-state index contributed by atoms with van der Waals surface area (Å²) in [7, 11) is 0. The molecule has 2 aliphatic carbocycles. The van der Waals surface area contributed by atoms with E-state index in [2.05, 4.69) is 25.2 Å². The van der Waals surface area contributed by atoms with Crippen molar-refractivity contribution in [3.8, 4) is 0 Å². The molecule has 19 heavy (non-hydrogen) atoms. The Balaban J connectivity index is 1.81. The zero-order valence-electron chi connectivity index (χ0n) is 12.8. The highest BCUT2D eigenvalue weighted by molar-refractivity contribution is 5.13. The van der Waals surface area contributed by atoms with Crippen molar-refractivity contribution >= 4 is 0 Å². The summed E-state index contributed by atoms with van der Waals surface area (Å²) in [4.78, 5) is 0. The minimum absolute atomic E-state index is 0.556. The molecule has 1 unspecified atom stereocenters. The lowest BCUT2D eigenvalue weighted by Gasteiger charge is -2.37. The van der Waals surface area contributed by atoms with Gasteiger partial charge in [-0.25, -0.2) is 0 Å². The lowest BCUT2D eigenvalue weighted by Crippen LogP contribution is -2.39. The van der Waals surface area contributed by atoms with E-state index in [4.69, 9.17) is 4.74 Å².